The maximum absolute atomic E-state index is 9.02. The Labute approximate surface area is 103 Å². The van der Waals surface area contributed by atoms with Crippen molar-refractivity contribution in [3.63, 3.8) is 0 Å². The standard InChI is InChI=1S/C13H21N3O/c1-3-8-16(9-10-17)13-7-5-6-12(15-13)11-14-4-2/h3,5-7,14,17H,1,4,8-11H2,2H3. The molecule has 0 aliphatic carbocycles. The fourth-order valence-corrected chi connectivity index (χ4v) is 1.57. The average molecular weight is 235 g/mol. The Kier molecular flexibility index (Phi) is 6.29. The van der Waals surface area contributed by atoms with Crippen LogP contribution in [0, 0.1) is 0 Å². The first-order valence-electron chi connectivity index (χ1n) is 5.95. The summed E-state index contributed by atoms with van der Waals surface area (Å²) < 4.78 is 0. The number of nitrogens with one attached hydrogen (secondary N) is 1. The maximum atomic E-state index is 9.02. The molecule has 1 aromatic heterocycles. The first kappa shape index (κ1) is 13.7. The number of rotatable bonds is 8. The van der Waals surface area contributed by atoms with E-state index in [0.29, 0.717) is 13.1 Å². The van der Waals surface area contributed by atoms with Gasteiger partial charge in [0.15, 0.2) is 0 Å². The van der Waals surface area contributed by atoms with Gasteiger partial charge in [0.2, 0.25) is 0 Å². The van der Waals surface area contributed by atoms with Crippen LogP contribution in [0.1, 0.15) is 12.6 Å². The summed E-state index contributed by atoms with van der Waals surface area (Å²) in [5.41, 5.74) is 1.01. The van der Waals surface area contributed by atoms with Crippen molar-refractivity contribution >= 4 is 5.82 Å². The molecule has 4 heteroatoms. The van der Waals surface area contributed by atoms with Gasteiger partial charge < -0.3 is 15.3 Å². The van der Waals surface area contributed by atoms with E-state index in [4.69, 9.17) is 5.11 Å². The molecule has 0 bridgehead atoms. The van der Waals surface area contributed by atoms with Crippen molar-refractivity contribution in [2.24, 2.45) is 0 Å². The molecule has 94 valence electrons. The van der Waals surface area contributed by atoms with Crippen molar-refractivity contribution in [2.75, 3.05) is 31.1 Å². The lowest BCUT2D eigenvalue weighted by Crippen LogP contribution is -2.28. The van der Waals surface area contributed by atoms with Gasteiger partial charge in [0, 0.05) is 19.6 Å². The van der Waals surface area contributed by atoms with Crippen LogP contribution in [-0.2, 0) is 6.54 Å². The van der Waals surface area contributed by atoms with Gasteiger partial charge in [-0.05, 0) is 18.7 Å². The fourth-order valence-electron chi connectivity index (χ4n) is 1.57. The molecule has 1 rings (SSSR count). The fraction of sp³-hybridized carbons (Fsp3) is 0.462. The normalized spacial score (nSPS) is 10.2. The van der Waals surface area contributed by atoms with Gasteiger partial charge in [-0.3, -0.25) is 0 Å². The van der Waals surface area contributed by atoms with Crippen LogP contribution in [0.25, 0.3) is 0 Å². The molecule has 4 nitrogen and oxygen atoms in total. The summed E-state index contributed by atoms with van der Waals surface area (Å²) in [6, 6.07) is 5.94. The number of anilines is 1. The summed E-state index contributed by atoms with van der Waals surface area (Å²) in [6.07, 6.45) is 1.81. The molecule has 0 radical (unpaired) electrons. The van der Waals surface area contributed by atoms with Gasteiger partial charge in [-0.25, -0.2) is 4.98 Å². The second kappa shape index (κ2) is 7.81. The maximum Gasteiger partial charge on any atom is 0.129 e. The van der Waals surface area contributed by atoms with Crippen molar-refractivity contribution in [1.29, 1.82) is 0 Å². The van der Waals surface area contributed by atoms with E-state index in [-0.39, 0.29) is 6.61 Å². The van der Waals surface area contributed by atoms with Crippen LogP contribution in [0.4, 0.5) is 5.82 Å². The van der Waals surface area contributed by atoms with E-state index in [0.717, 1.165) is 24.6 Å². The van der Waals surface area contributed by atoms with E-state index in [1.165, 1.54) is 0 Å². The molecule has 0 aliphatic rings. The predicted octanol–water partition coefficient (Wildman–Crippen LogP) is 1.18. The zero-order valence-electron chi connectivity index (χ0n) is 10.4. The monoisotopic (exact) mass is 235 g/mol. The van der Waals surface area contributed by atoms with Crippen LogP contribution >= 0.6 is 0 Å². The third-order valence-corrected chi connectivity index (χ3v) is 2.39. The predicted molar refractivity (Wildman–Crippen MR) is 71.1 cm³/mol. The van der Waals surface area contributed by atoms with E-state index in [1.807, 2.05) is 29.2 Å². The molecule has 1 aromatic rings. The lowest BCUT2D eigenvalue weighted by Gasteiger charge is -2.21. The van der Waals surface area contributed by atoms with Crippen LogP contribution in [-0.4, -0.2) is 36.3 Å². The molecular formula is C13H21N3O. The van der Waals surface area contributed by atoms with E-state index >= 15 is 0 Å². The molecule has 0 unspecified atom stereocenters. The summed E-state index contributed by atoms with van der Waals surface area (Å²) in [5.74, 6) is 0.884. The van der Waals surface area contributed by atoms with Gasteiger partial charge in [-0.15, -0.1) is 6.58 Å². The molecule has 0 aliphatic heterocycles. The quantitative estimate of drug-likeness (QED) is 0.664. The highest BCUT2D eigenvalue weighted by Crippen LogP contribution is 2.11. The van der Waals surface area contributed by atoms with Crippen LogP contribution in [0.3, 0.4) is 0 Å². The summed E-state index contributed by atoms with van der Waals surface area (Å²) in [4.78, 5) is 6.55. The molecule has 2 N–H and O–H groups in total. The first-order valence-corrected chi connectivity index (χ1v) is 5.95. The minimum Gasteiger partial charge on any atom is -0.395 e. The van der Waals surface area contributed by atoms with Crippen molar-refractivity contribution in [3.05, 3.63) is 36.5 Å². The van der Waals surface area contributed by atoms with Crippen LogP contribution in [0.2, 0.25) is 0 Å². The summed E-state index contributed by atoms with van der Waals surface area (Å²) >= 11 is 0. The van der Waals surface area contributed by atoms with Gasteiger partial charge in [-0.2, -0.15) is 0 Å². The third-order valence-electron chi connectivity index (χ3n) is 2.39. The van der Waals surface area contributed by atoms with Gasteiger partial charge in [-0.1, -0.05) is 19.1 Å². The first-order chi connectivity index (χ1) is 8.31. The number of aromatic nitrogens is 1. The lowest BCUT2D eigenvalue weighted by molar-refractivity contribution is 0.302. The number of hydrogen-bond acceptors (Lipinski definition) is 4. The van der Waals surface area contributed by atoms with Gasteiger partial charge in [0.25, 0.3) is 0 Å². The van der Waals surface area contributed by atoms with E-state index in [9.17, 15) is 0 Å². The zero-order chi connectivity index (χ0) is 12.5. The molecule has 0 aromatic carbocycles. The second-order valence-electron chi connectivity index (χ2n) is 3.73. The van der Waals surface area contributed by atoms with Crippen LogP contribution in [0.5, 0.6) is 0 Å². The van der Waals surface area contributed by atoms with Gasteiger partial charge in [0.05, 0.1) is 12.3 Å². The minimum absolute atomic E-state index is 0.118. The van der Waals surface area contributed by atoms with Gasteiger partial charge >= 0.3 is 0 Å². The van der Waals surface area contributed by atoms with E-state index < -0.39 is 0 Å². The van der Waals surface area contributed by atoms with Crippen molar-refractivity contribution in [2.45, 2.75) is 13.5 Å². The number of pyridine rings is 1. The molecule has 0 atom stereocenters. The second-order valence-corrected chi connectivity index (χ2v) is 3.73. The van der Waals surface area contributed by atoms with Crippen LogP contribution < -0.4 is 10.2 Å². The highest BCUT2D eigenvalue weighted by atomic mass is 16.3. The Morgan fingerprint density at radius 1 is 1.53 bits per heavy atom. The van der Waals surface area contributed by atoms with E-state index in [2.05, 4.69) is 23.8 Å². The summed E-state index contributed by atoms with van der Waals surface area (Å²) in [5, 5.41) is 12.3. The molecule has 0 fully saturated rings. The number of hydrogen-bond donors (Lipinski definition) is 2. The molecule has 0 saturated heterocycles. The molecular weight excluding hydrogens is 214 g/mol. The topological polar surface area (TPSA) is 48.4 Å². The summed E-state index contributed by atoms with van der Waals surface area (Å²) in [6.45, 7) is 8.87. The van der Waals surface area contributed by atoms with Crippen LogP contribution in [0.15, 0.2) is 30.9 Å². The smallest absolute Gasteiger partial charge is 0.129 e. The zero-order valence-corrected chi connectivity index (χ0v) is 10.4. The van der Waals surface area contributed by atoms with Gasteiger partial charge in [0.1, 0.15) is 5.82 Å². The largest absolute Gasteiger partial charge is 0.395 e. The lowest BCUT2D eigenvalue weighted by atomic mass is 10.3. The number of aliphatic hydroxyl groups excluding tert-OH is 1. The Balaban J connectivity index is 2.75. The van der Waals surface area contributed by atoms with E-state index in [1.54, 1.807) is 0 Å². The Morgan fingerprint density at radius 2 is 2.35 bits per heavy atom. The Hall–Kier alpha value is -1.39. The highest BCUT2D eigenvalue weighted by Gasteiger charge is 2.05. The third kappa shape index (κ3) is 4.54. The molecule has 0 spiro atoms. The molecule has 17 heavy (non-hydrogen) atoms. The van der Waals surface area contributed by atoms with Crippen molar-refractivity contribution in [1.82, 2.24) is 10.3 Å². The molecule has 0 amide bonds. The number of nitrogens with zero attached hydrogens (tertiary/aromatic N) is 2. The molecule has 1 heterocycles. The Morgan fingerprint density at radius 3 is 3.00 bits per heavy atom. The van der Waals surface area contributed by atoms with Crippen molar-refractivity contribution in [3.8, 4) is 0 Å². The summed E-state index contributed by atoms with van der Waals surface area (Å²) in [7, 11) is 0. The highest BCUT2D eigenvalue weighted by molar-refractivity contribution is 5.40. The molecule has 0 saturated carbocycles. The minimum atomic E-state index is 0.118. The average Bonchev–Trinajstić information content (AvgIpc) is 2.36. The Bertz CT molecular complexity index is 341. The van der Waals surface area contributed by atoms with Crippen molar-refractivity contribution < 1.29 is 5.11 Å². The number of aliphatic hydroxyl groups is 1. The SMILES string of the molecule is C=CCN(CCO)c1cccc(CNCC)n1.